The van der Waals surface area contributed by atoms with Crippen LogP contribution in [-0.2, 0) is 0 Å². The standard InChI is InChI=1S/C17H14N4O2S/c1-23-15-5-3-2-4-13(15)16-18-19-17-21(16)20-14(10-24-17)11-6-8-12(22)9-7-11/h2-9,22H,10H2,1H3. The number of para-hydroxylation sites is 1. The average molecular weight is 338 g/mol. The van der Waals surface area contributed by atoms with E-state index in [1.807, 2.05) is 36.4 Å². The van der Waals surface area contributed by atoms with E-state index in [1.165, 1.54) is 0 Å². The minimum atomic E-state index is 0.238. The van der Waals surface area contributed by atoms with Crippen LogP contribution in [0.5, 0.6) is 11.5 Å². The summed E-state index contributed by atoms with van der Waals surface area (Å²) in [4.78, 5) is 0. The molecule has 0 aliphatic carbocycles. The predicted octanol–water partition coefficient (Wildman–Crippen LogP) is 3.02. The molecule has 120 valence electrons. The Morgan fingerprint density at radius 2 is 1.88 bits per heavy atom. The molecule has 0 spiro atoms. The molecule has 2 heterocycles. The van der Waals surface area contributed by atoms with E-state index in [-0.39, 0.29) is 5.75 Å². The van der Waals surface area contributed by atoms with Gasteiger partial charge in [-0.05, 0) is 42.0 Å². The van der Waals surface area contributed by atoms with Crippen molar-refractivity contribution < 1.29 is 9.84 Å². The molecule has 0 unspecified atom stereocenters. The molecule has 24 heavy (non-hydrogen) atoms. The van der Waals surface area contributed by atoms with E-state index in [1.54, 1.807) is 35.7 Å². The second-order valence-corrected chi connectivity index (χ2v) is 6.14. The zero-order valence-electron chi connectivity index (χ0n) is 12.9. The lowest BCUT2D eigenvalue weighted by molar-refractivity contribution is 0.416. The van der Waals surface area contributed by atoms with Gasteiger partial charge in [-0.3, -0.25) is 0 Å². The number of phenolic OH excluding ortho intramolecular Hbond substituents is 1. The van der Waals surface area contributed by atoms with Crippen LogP contribution in [-0.4, -0.2) is 38.6 Å². The van der Waals surface area contributed by atoms with E-state index in [4.69, 9.17) is 9.84 Å². The first-order chi connectivity index (χ1) is 11.8. The number of fused-ring (bicyclic) bond motifs is 1. The Morgan fingerprint density at radius 3 is 2.67 bits per heavy atom. The quantitative estimate of drug-likeness (QED) is 0.795. The minimum absolute atomic E-state index is 0.238. The third-order valence-corrected chi connectivity index (χ3v) is 4.65. The molecular formula is C17H14N4O2S. The van der Waals surface area contributed by atoms with Gasteiger partial charge in [-0.2, -0.15) is 9.78 Å². The Hall–Kier alpha value is -2.80. The third kappa shape index (κ3) is 2.52. The van der Waals surface area contributed by atoms with Crippen molar-refractivity contribution in [2.24, 2.45) is 5.10 Å². The molecule has 0 saturated heterocycles. The average Bonchev–Trinajstić information content (AvgIpc) is 3.05. The molecule has 4 rings (SSSR count). The summed E-state index contributed by atoms with van der Waals surface area (Å²) >= 11 is 1.58. The summed E-state index contributed by atoms with van der Waals surface area (Å²) in [6.45, 7) is 0. The van der Waals surface area contributed by atoms with Crippen molar-refractivity contribution in [2.45, 2.75) is 5.16 Å². The smallest absolute Gasteiger partial charge is 0.212 e. The fourth-order valence-corrected chi connectivity index (χ4v) is 3.36. The first-order valence-electron chi connectivity index (χ1n) is 7.35. The highest BCUT2D eigenvalue weighted by atomic mass is 32.2. The fourth-order valence-electron chi connectivity index (χ4n) is 2.52. The molecule has 1 N–H and O–H groups in total. The van der Waals surface area contributed by atoms with E-state index in [0.29, 0.717) is 11.6 Å². The SMILES string of the molecule is COc1ccccc1-c1nnc2n1N=C(c1ccc(O)cc1)CS2. The van der Waals surface area contributed by atoms with Gasteiger partial charge >= 0.3 is 0 Å². The highest BCUT2D eigenvalue weighted by Crippen LogP contribution is 2.33. The van der Waals surface area contributed by atoms with Crippen LogP contribution < -0.4 is 4.74 Å². The lowest BCUT2D eigenvalue weighted by Gasteiger charge is -2.14. The summed E-state index contributed by atoms with van der Waals surface area (Å²) in [7, 11) is 1.63. The molecule has 6 nitrogen and oxygen atoms in total. The van der Waals surface area contributed by atoms with E-state index >= 15 is 0 Å². The Labute approximate surface area is 142 Å². The van der Waals surface area contributed by atoms with Gasteiger partial charge in [0, 0.05) is 5.75 Å². The van der Waals surface area contributed by atoms with E-state index in [9.17, 15) is 5.11 Å². The van der Waals surface area contributed by atoms with Crippen LogP contribution >= 0.6 is 11.8 Å². The van der Waals surface area contributed by atoms with Crippen LogP contribution in [0.2, 0.25) is 0 Å². The number of thioether (sulfide) groups is 1. The van der Waals surface area contributed by atoms with Crippen molar-refractivity contribution in [2.75, 3.05) is 12.9 Å². The number of aromatic hydroxyl groups is 1. The van der Waals surface area contributed by atoms with Crippen LogP contribution in [0.15, 0.2) is 58.8 Å². The fraction of sp³-hybridized carbons (Fsp3) is 0.118. The third-order valence-electron chi connectivity index (χ3n) is 3.72. The zero-order valence-corrected chi connectivity index (χ0v) is 13.7. The van der Waals surface area contributed by atoms with Gasteiger partial charge in [-0.15, -0.1) is 10.2 Å². The molecule has 1 aliphatic heterocycles. The van der Waals surface area contributed by atoms with Gasteiger partial charge in [0.1, 0.15) is 11.5 Å². The van der Waals surface area contributed by atoms with Gasteiger partial charge in [0.15, 0.2) is 5.82 Å². The summed E-state index contributed by atoms with van der Waals surface area (Å²) < 4.78 is 7.16. The molecule has 1 aromatic heterocycles. The maximum absolute atomic E-state index is 9.45. The maximum atomic E-state index is 9.45. The molecule has 0 radical (unpaired) electrons. The number of hydrogen-bond donors (Lipinski definition) is 1. The molecule has 3 aromatic rings. The zero-order chi connectivity index (χ0) is 16.5. The van der Waals surface area contributed by atoms with Gasteiger partial charge in [-0.25, -0.2) is 0 Å². The molecule has 0 bridgehead atoms. The molecule has 0 fully saturated rings. The van der Waals surface area contributed by atoms with Gasteiger partial charge in [0.25, 0.3) is 0 Å². The van der Waals surface area contributed by atoms with Crippen LogP contribution in [0.3, 0.4) is 0 Å². The van der Waals surface area contributed by atoms with Crippen LogP contribution in [0.4, 0.5) is 0 Å². The molecule has 0 atom stereocenters. The van der Waals surface area contributed by atoms with Crippen LogP contribution in [0.1, 0.15) is 5.56 Å². The first-order valence-corrected chi connectivity index (χ1v) is 8.33. The Bertz CT molecular complexity index is 919. The lowest BCUT2D eigenvalue weighted by atomic mass is 10.1. The summed E-state index contributed by atoms with van der Waals surface area (Å²) in [5.74, 6) is 2.31. The van der Waals surface area contributed by atoms with E-state index in [2.05, 4.69) is 10.2 Å². The first kappa shape index (κ1) is 14.8. The van der Waals surface area contributed by atoms with Crippen molar-refractivity contribution in [3.05, 3.63) is 54.1 Å². The second kappa shape index (κ2) is 6.01. The highest BCUT2D eigenvalue weighted by molar-refractivity contribution is 7.99. The highest BCUT2D eigenvalue weighted by Gasteiger charge is 2.22. The molecular weight excluding hydrogens is 324 g/mol. The van der Waals surface area contributed by atoms with Crippen molar-refractivity contribution >= 4 is 17.5 Å². The van der Waals surface area contributed by atoms with Gasteiger partial charge in [-0.1, -0.05) is 23.9 Å². The summed E-state index contributed by atoms with van der Waals surface area (Å²) in [6.07, 6.45) is 0. The summed E-state index contributed by atoms with van der Waals surface area (Å²) in [5, 5.41) is 23.4. The summed E-state index contributed by atoms with van der Waals surface area (Å²) in [5.41, 5.74) is 2.71. The number of methoxy groups -OCH3 is 1. The van der Waals surface area contributed by atoms with Crippen molar-refractivity contribution in [3.63, 3.8) is 0 Å². The number of aromatic nitrogens is 3. The van der Waals surface area contributed by atoms with Gasteiger partial charge in [0.05, 0.1) is 18.4 Å². The van der Waals surface area contributed by atoms with Gasteiger partial charge < -0.3 is 9.84 Å². The minimum Gasteiger partial charge on any atom is -0.508 e. The molecule has 0 amide bonds. The molecule has 0 saturated carbocycles. The van der Waals surface area contributed by atoms with E-state index in [0.717, 1.165) is 27.7 Å². The van der Waals surface area contributed by atoms with Gasteiger partial charge in [0.2, 0.25) is 5.16 Å². The maximum Gasteiger partial charge on any atom is 0.212 e. The number of nitrogens with zero attached hydrogens (tertiary/aromatic N) is 4. The second-order valence-electron chi connectivity index (χ2n) is 5.20. The van der Waals surface area contributed by atoms with Crippen molar-refractivity contribution in [1.29, 1.82) is 0 Å². The monoisotopic (exact) mass is 338 g/mol. The Kier molecular flexibility index (Phi) is 3.70. The van der Waals surface area contributed by atoms with Crippen molar-refractivity contribution in [3.8, 4) is 22.9 Å². The number of ether oxygens (including phenoxy) is 1. The van der Waals surface area contributed by atoms with Crippen LogP contribution in [0, 0.1) is 0 Å². The molecule has 7 heteroatoms. The topological polar surface area (TPSA) is 72.5 Å². The Morgan fingerprint density at radius 1 is 1.08 bits per heavy atom. The lowest BCUT2D eigenvalue weighted by Crippen LogP contribution is -2.13. The largest absolute Gasteiger partial charge is 0.508 e. The Balaban J connectivity index is 1.81. The van der Waals surface area contributed by atoms with Crippen LogP contribution in [0.25, 0.3) is 11.4 Å². The predicted molar refractivity (Wildman–Crippen MR) is 92.8 cm³/mol. The number of phenols is 1. The molecule has 1 aliphatic rings. The summed E-state index contributed by atoms with van der Waals surface area (Å²) in [6, 6.07) is 14.7. The molecule has 2 aromatic carbocycles. The normalized spacial score (nSPS) is 13.3. The number of hydrogen-bond acceptors (Lipinski definition) is 6. The number of benzene rings is 2. The van der Waals surface area contributed by atoms with E-state index < -0.39 is 0 Å². The number of rotatable bonds is 3. The van der Waals surface area contributed by atoms with Crippen molar-refractivity contribution in [1.82, 2.24) is 14.9 Å².